The highest BCUT2D eigenvalue weighted by molar-refractivity contribution is 9.10. The Kier molecular flexibility index (Phi) is 11.0. The molecule has 4 aromatic carbocycles. The molecule has 4 aromatic rings. The third kappa shape index (κ3) is 8.46. The van der Waals surface area contributed by atoms with E-state index in [-0.39, 0.29) is 40.5 Å². The first-order valence-electron chi connectivity index (χ1n) is 13.8. The lowest BCUT2D eigenvalue weighted by molar-refractivity contribution is -0.140. The first kappa shape index (κ1) is 32.3. The Balaban J connectivity index is 1.80. The molecule has 0 fully saturated rings. The van der Waals surface area contributed by atoms with E-state index in [9.17, 15) is 18.0 Å². The van der Waals surface area contributed by atoms with Crippen molar-refractivity contribution in [3.8, 4) is 0 Å². The number of para-hydroxylation sites is 1. The quantitative estimate of drug-likeness (QED) is 0.186. The van der Waals surface area contributed by atoms with Crippen molar-refractivity contribution in [2.75, 3.05) is 10.8 Å². The van der Waals surface area contributed by atoms with Crippen LogP contribution in [0.15, 0.2) is 119 Å². The Hall–Kier alpha value is -3.66. The summed E-state index contributed by atoms with van der Waals surface area (Å²) in [7, 11) is -4.21. The summed E-state index contributed by atoms with van der Waals surface area (Å²) >= 11 is 9.94. The third-order valence-corrected chi connectivity index (χ3v) is 9.32. The van der Waals surface area contributed by atoms with E-state index in [2.05, 4.69) is 21.2 Å². The number of rotatable bonds is 12. The minimum atomic E-state index is -4.21. The van der Waals surface area contributed by atoms with E-state index in [0.717, 1.165) is 19.9 Å². The van der Waals surface area contributed by atoms with Gasteiger partial charge in [-0.25, -0.2) is 8.42 Å². The van der Waals surface area contributed by atoms with Crippen LogP contribution in [0.1, 0.15) is 25.0 Å². The minimum Gasteiger partial charge on any atom is -0.352 e. The Morgan fingerprint density at radius 1 is 0.814 bits per heavy atom. The number of carbonyl (C=O) groups is 2. The zero-order valence-electron chi connectivity index (χ0n) is 23.9. The minimum absolute atomic E-state index is 0.0144. The highest BCUT2D eigenvalue weighted by Gasteiger charge is 2.35. The average Bonchev–Trinajstić information content (AvgIpc) is 2.99. The summed E-state index contributed by atoms with van der Waals surface area (Å²) in [4.78, 5) is 29.6. The number of hydrogen-bond acceptors (Lipinski definition) is 4. The number of halogens is 2. The predicted octanol–water partition coefficient (Wildman–Crippen LogP) is 6.46. The number of sulfonamides is 1. The maximum Gasteiger partial charge on any atom is 0.264 e. The molecule has 0 unspecified atom stereocenters. The SMILES string of the molecule is CC(C)NC(=O)[C@H](Cc1ccccc1)N(Cc1ccc(Br)cc1)C(=O)CN(c1ccccc1Cl)S(=O)(=O)c1ccccc1. The fourth-order valence-corrected chi connectivity index (χ4v) is 6.61. The molecule has 43 heavy (non-hydrogen) atoms. The number of hydrogen-bond donors (Lipinski definition) is 1. The van der Waals surface area contributed by atoms with Crippen LogP contribution in [0.2, 0.25) is 5.02 Å². The molecule has 0 heterocycles. The Morgan fingerprint density at radius 3 is 2.00 bits per heavy atom. The number of nitrogens with one attached hydrogen (secondary N) is 1. The molecule has 2 amide bonds. The van der Waals surface area contributed by atoms with Crippen molar-refractivity contribution in [1.29, 1.82) is 0 Å². The van der Waals surface area contributed by atoms with Crippen molar-refractivity contribution >= 4 is 55.1 Å². The molecule has 0 saturated carbocycles. The van der Waals surface area contributed by atoms with Gasteiger partial charge in [-0.3, -0.25) is 13.9 Å². The standard InChI is InChI=1S/C33H33BrClN3O4S/c1-24(2)36-33(40)31(21-25-11-5-3-6-12-25)37(22-26-17-19-27(34)20-18-26)32(39)23-38(30-16-10-9-15-29(30)35)43(41,42)28-13-7-4-8-14-28/h3-20,24,31H,21-23H2,1-2H3,(H,36,40)/t31-/m0/s1. The molecule has 10 heteroatoms. The van der Waals surface area contributed by atoms with Crippen LogP contribution < -0.4 is 9.62 Å². The second-order valence-corrected chi connectivity index (χ2v) is 13.5. The highest BCUT2D eigenvalue weighted by Crippen LogP contribution is 2.31. The summed E-state index contributed by atoms with van der Waals surface area (Å²) in [6.07, 6.45) is 0.235. The Bertz CT molecular complexity index is 1640. The van der Waals surface area contributed by atoms with Gasteiger partial charge in [0.2, 0.25) is 11.8 Å². The molecule has 0 aliphatic rings. The van der Waals surface area contributed by atoms with Gasteiger partial charge in [-0.2, -0.15) is 0 Å². The van der Waals surface area contributed by atoms with E-state index in [0.29, 0.717) is 0 Å². The van der Waals surface area contributed by atoms with Crippen molar-refractivity contribution in [3.05, 3.63) is 130 Å². The van der Waals surface area contributed by atoms with Crippen LogP contribution in [0, 0.1) is 0 Å². The lowest BCUT2D eigenvalue weighted by Gasteiger charge is -2.34. The molecule has 4 rings (SSSR count). The van der Waals surface area contributed by atoms with Gasteiger partial charge in [0.1, 0.15) is 12.6 Å². The normalized spacial score (nSPS) is 12.0. The first-order valence-corrected chi connectivity index (χ1v) is 16.4. The van der Waals surface area contributed by atoms with Crippen molar-refractivity contribution in [1.82, 2.24) is 10.2 Å². The maximum atomic E-state index is 14.4. The second kappa shape index (κ2) is 14.7. The summed E-state index contributed by atoms with van der Waals surface area (Å²) in [6, 6.07) is 30.1. The molecule has 0 bridgehead atoms. The molecule has 7 nitrogen and oxygen atoms in total. The van der Waals surface area contributed by atoms with Gasteiger partial charge in [0.25, 0.3) is 10.0 Å². The summed E-state index contributed by atoms with van der Waals surface area (Å²) in [5.74, 6) is -0.887. The van der Waals surface area contributed by atoms with Gasteiger partial charge in [0.05, 0.1) is 15.6 Å². The van der Waals surface area contributed by atoms with Crippen LogP contribution >= 0.6 is 27.5 Å². The van der Waals surface area contributed by atoms with Crippen LogP contribution in [-0.2, 0) is 32.6 Å². The van der Waals surface area contributed by atoms with Gasteiger partial charge in [-0.15, -0.1) is 0 Å². The molecule has 0 spiro atoms. The van der Waals surface area contributed by atoms with Crippen LogP contribution in [0.25, 0.3) is 0 Å². The number of anilines is 1. The van der Waals surface area contributed by atoms with Gasteiger partial charge in [-0.05, 0) is 61.4 Å². The van der Waals surface area contributed by atoms with Crippen LogP contribution in [0.5, 0.6) is 0 Å². The number of benzene rings is 4. The average molecular weight is 683 g/mol. The third-order valence-electron chi connectivity index (χ3n) is 6.70. The van der Waals surface area contributed by atoms with E-state index in [4.69, 9.17) is 11.6 Å². The number of amides is 2. The molecule has 224 valence electrons. The number of nitrogens with zero attached hydrogens (tertiary/aromatic N) is 2. The molecular weight excluding hydrogens is 650 g/mol. The monoisotopic (exact) mass is 681 g/mol. The van der Waals surface area contributed by atoms with Crippen LogP contribution in [0.3, 0.4) is 0 Å². The first-order chi connectivity index (χ1) is 20.6. The van der Waals surface area contributed by atoms with Crippen molar-refractivity contribution in [3.63, 3.8) is 0 Å². The molecular formula is C33H33BrClN3O4S. The molecule has 0 radical (unpaired) electrons. The Morgan fingerprint density at radius 2 is 1.40 bits per heavy atom. The van der Waals surface area contributed by atoms with E-state index in [1.54, 1.807) is 42.5 Å². The summed E-state index contributed by atoms with van der Waals surface area (Å²) in [6.45, 7) is 3.21. The van der Waals surface area contributed by atoms with Gasteiger partial charge in [0.15, 0.2) is 0 Å². The maximum absolute atomic E-state index is 14.4. The van der Waals surface area contributed by atoms with E-state index in [1.165, 1.54) is 17.0 Å². The second-order valence-electron chi connectivity index (χ2n) is 10.3. The lowest BCUT2D eigenvalue weighted by atomic mass is 10.0. The van der Waals surface area contributed by atoms with E-state index < -0.39 is 28.5 Å². The Labute approximate surface area is 266 Å². The molecule has 0 saturated heterocycles. The smallest absolute Gasteiger partial charge is 0.264 e. The molecule has 1 N–H and O–H groups in total. The fraction of sp³-hybridized carbons (Fsp3) is 0.212. The number of carbonyl (C=O) groups excluding carboxylic acids is 2. The summed E-state index contributed by atoms with van der Waals surface area (Å²) < 4.78 is 29.9. The fourth-order valence-electron chi connectivity index (χ4n) is 4.61. The molecule has 1 atom stereocenters. The van der Waals surface area contributed by atoms with Crippen molar-refractivity contribution < 1.29 is 18.0 Å². The summed E-state index contributed by atoms with van der Waals surface area (Å²) in [5, 5.41) is 3.12. The molecule has 0 aromatic heterocycles. The zero-order valence-corrected chi connectivity index (χ0v) is 27.0. The van der Waals surface area contributed by atoms with Crippen LogP contribution in [0.4, 0.5) is 5.69 Å². The summed E-state index contributed by atoms with van der Waals surface area (Å²) in [5.41, 5.74) is 1.80. The molecule has 0 aliphatic heterocycles. The zero-order chi connectivity index (χ0) is 31.0. The van der Waals surface area contributed by atoms with Gasteiger partial charge < -0.3 is 10.2 Å². The largest absolute Gasteiger partial charge is 0.352 e. The topological polar surface area (TPSA) is 86.8 Å². The van der Waals surface area contributed by atoms with Crippen molar-refractivity contribution in [2.45, 2.75) is 43.8 Å². The van der Waals surface area contributed by atoms with Gasteiger partial charge in [-0.1, -0.05) is 100 Å². The lowest BCUT2D eigenvalue weighted by Crippen LogP contribution is -2.54. The van der Waals surface area contributed by atoms with E-state index >= 15 is 0 Å². The van der Waals surface area contributed by atoms with Crippen LogP contribution in [-0.4, -0.2) is 43.8 Å². The van der Waals surface area contributed by atoms with Crippen molar-refractivity contribution in [2.24, 2.45) is 0 Å². The highest BCUT2D eigenvalue weighted by atomic mass is 79.9. The van der Waals surface area contributed by atoms with Gasteiger partial charge in [0, 0.05) is 23.5 Å². The predicted molar refractivity (Wildman–Crippen MR) is 174 cm³/mol. The van der Waals surface area contributed by atoms with Gasteiger partial charge >= 0.3 is 0 Å². The molecule has 0 aliphatic carbocycles. The van der Waals surface area contributed by atoms with E-state index in [1.807, 2.05) is 68.4 Å².